The first-order valence-electron chi connectivity index (χ1n) is 15.2. The summed E-state index contributed by atoms with van der Waals surface area (Å²) in [6.07, 6.45) is -9.31. The number of rotatable bonds is 18. The van der Waals surface area contributed by atoms with Crippen molar-refractivity contribution in [2.75, 3.05) is 13.2 Å². The molecule has 0 aromatic heterocycles. The van der Waals surface area contributed by atoms with Crippen LogP contribution in [0.1, 0.15) is 49.7 Å². The number of ether oxygens (including phenoxy) is 4. The zero-order chi connectivity index (χ0) is 37.4. The number of benzene rings is 4. The third-order valence-electron chi connectivity index (χ3n) is 7.19. The van der Waals surface area contributed by atoms with E-state index in [2.05, 4.69) is 9.47 Å². The van der Waals surface area contributed by atoms with Gasteiger partial charge in [0.05, 0.1) is 13.2 Å². The Morgan fingerprint density at radius 3 is 1.10 bits per heavy atom. The van der Waals surface area contributed by atoms with Crippen LogP contribution < -0.4 is 18.9 Å². The van der Waals surface area contributed by atoms with Gasteiger partial charge in [0, 0.05) is 37.1 Å². The number of unbranched alkanes of at least 4 members (excludes halogenated alkanes) is 2. The molecule has 0 heterocycles. The molecule has 16 heteroatoms. The summed E-state index contributed by atoms with van der Waals surface area (Å²) in [5.41, 5.74) is -2.41. The fraction of sp³-hybridized carbons (Fsp3) is 0.314. The third-order valence-corrected chi connectivity index (χ3v) is 7.19. The van der Waals surface area contributed by atoms with E-state index in [0.29, 0.717) is 48.5 Å². The number of hydrogen-bond donors (Lipinski definition) is 0. The van der Waals surface area contributed by atoms with Gasteiger partial charge in [-0.15, -0.1) is 0 Å². The Labute approximate surface area is 283 Å². The van der Waals surface area contributed by atoms with Crippen molar-refractivity contribution < 1.29 is 71.6 Å². The van der Waals surface area contributed by atoms with Crippen LogP contribution in [-0.4, -0.2) is 19.1 Å². The summed E-state index contributed by atoms with van der Waals surface area (Å²) in [5.74, 6) is -13.2. The van der Waals surface area contributed by atoms with Gasteiger partial charge in [-0.3, -0.25) is 0 Å². The second-order valence-corrected chi connectivity index (χ2v) is 11.1. The summed E-state index contributed by atoms with van der Waals surface area (Å²) in [4.78, 5) is 0. The first-order valence-corrected chi connectivity index (χ1v) is 15.2. The maximum absolute atomic E-state index is 14.4. The zero-order valence-electron chi connectivity index (χ0n) is 26.3. The molecule has 276 valence electrons. The topological polar surface area (TPSA) is 36.9 Å². The largest absolute Gasteiger partial charge is 0.493 e. The molecular formula is C35H28F12O4. The average molecular weight is 741 g/mol. The summed E-state index contributed by atoms with van der Waals surface area (Å²) >= 11 is 0. The number of alkyl halides is 6. The minimum Gasteiger partial charge on any atom is -0.493 e. The Morgan fingerprint density at radius 2 is 0.745 bits per heavy atom. The molecule has 0 saturated carbocycles. The molecule has 0 saturated heterocycles. The van der Waals surface area contributed by atoms with E-state index in [1.54, 1.807) is 0 Å². The summed E-state index contributed by atoms with van der Waals surface area (Å²) in [6, 6.07) is 7.99. The first-order chi connectivity index (χ1) is 24.0. The molecule has 0 spiro atoms. The van der Waals surface area contributed by atoms with Gasteiger partial charge in [-0.25, -0.2) is 35.1 Å². The predicted octanol–water partition coefficient (Wildman–Crippen LogP) is 11.2. The smallest absolute Gasteiger partial charge is 0.429 e. The lowest BCUT2D eigenvalue weighted by molar-refractivity contribution is -0.188. The van der Waals surface area contributed by atoms with Crippen LogP contribution in [0.4, 0.5) is 52.7 Å². The molecule has 0 aliphatic carbocycles. The average Bonchev–Trinajstić information content (AvgIpc) is 3.03. The zero-order valence-corrected chi connectivity index (χ0v) is 26.3. The number of hydrogen-bond acceptors (Lipinski definition) is 4. The van der Waals surface area contributed by atoms with Crippen LogP contribution >= 0.6 is 0 Å². The van der Waals surface area contributed by atoms with E-state index >= 15 is 0 Å². The van der Waals surface area contributed by atoms with Crippen molar-refractivity contribution >= 4 is 0 Å². The fourth-order valence-electron chi connectivity index (χ4n) is 4.61. The molecule has 0 radical (unpaired) electrons. The highest BCUT2D eigenvalue weighted by Gasteiger charge is 2.39. The molecule has 4 nitrogen and oxygen atoms in total. The minimum atomic E-state index is -4.25. The molecular weight excluding hydrogens is 712 g/mol. The lowest BCUT2D eigenvalue weighted by Crippen LogP contribution is -2.23. The Balaban J connectivity index is 1.13. The second-order valence-electron chi connectivity index (χ2n) is 11.1. The van der Waals surface area contributed by atoms with Gasteiger partial charge in [-0.05, 0) is 74.2 Å². The first kappa shape index (κ1) is 39.0. The molecule has 0 unspecified atom stereocenters. The minimum absolute atomic E-state index is 0.000278. The molecule has 4 rings (SSSR count). The van der Waals surface area contributed by atoms with Crippen molar-refractivity contribution in [2.24, 2.45) is 0 Å². The van der Waals surface area contributed by atoms with E-state index in [9.17, 15) is 52.7 Å². The molecule has 0 aliphatic heterocycles. The van der Waals surface area contributed by atoms with Crippen molar-refractivity contribution in [2.45, 2.75) is 56.7 Å². The molecule has 0 fully saturated rings. The molecule has 4 aromatic carbocycles. The predicted molar refractivity (Wildman–Crippen MR) is 158 cm³/mol. The van der Waals surface area contributed by atoms with Crippen molar-refractivity contribution in [3.63, 3.8) is 0 Å². The van der Waals surface area contributed by atoms with Gasteiger partial charge < -0.3 is 18.9 Å². The summed E-state index contributed by atoms with van der Waals surface area (Å²) in [6.45, 7) is -0.273. The third kappa shape index (κ3) is 11.1. The summed E-state index contributed by atoms with van der Waals surface area (Å²) in [7, 11) is 0. The molecule has 0 N–H and O–H groups in total. The lowest BCUT2D eigenvalue weighted by Gasteiger charge is -2.19. The highest BCUT2D eigenvalue weighted by Crippen LogP contribution is 2.37. The summed E-state index contributed by atoms with van der Waals surface area (Å²) in [5, 5.41) is 0. The molecule has 51 heavy (non-hydrogen) atoms. The van der Waals surface area contributed by atoms with E-state index in [1.807, 2.05) is 0 Å². The van der Waals surface area contributed by atoms with Crippen LogP contribution in [0.25, 0.3) is 0 Å². The van der Waals surface area contributed by atoms with Gasteiger partial charge in [0.15, 0.2) is 23.3 Å². The van der Waals surface area contributed by atoms with Gasteiger partial charge in [0.1, 0.15) is 45.8 Å². The molecule has 0 aliphatic rings. The van der Waals surface area contributed by atoms with Crippen LogP contribution in [0.2, 0.25) is 0 Å². The van der Waals surface area contributed by atoms with E-state index in [-0.39, 0.29) is 50.4 Å². The van der Waals surface area contributed by atoms with Crippen molar-refractivity contribution in [1.82, 2.24) is 0 Å². The SMILES string of the molecule is Fc1ccc(OC(F)(F)c2ccc(OCCCCC(F)(F)CCCCOc3ccc(C(F)(F)Oc4ccc(F)c(F)c4)c(F)c3)cc2F)cc1F. The van der Waals surface area contributed by atoms with Gasteiger partial charge in [-0.2, -0.15) is 17.6 Å². The maximum atomic E-state index is 14.4. The Bertz CT molecular complexity index is 1660. The standard InChI is InChI=1S/C35H28F12O4/c36-27-11-7-23(19-31(27)40)50-34(44,45)25-9-5-21(17-29(25)38)48-15-3-1-13-33(42,43)14-2-4-16-49-22-6-10-26(30(39)18-22)35(46,47)51-24-8-12-28(37)32(41)20-24/h5-12,17-20H,1-4,13-16H2. The normalized spacial score (nSPS) is 12.2. The highest BCUT2D eigenvalue weighted by molar-refractivity contribution is 5.33. The van der Waals surface area contributed by atoms with Crippen LogP contribution in [0.3, 0.4) is 0 Å². The molecule has 0 bridgehead atoms. The maximum Gasteiger partial charge on any atom is 0.429 e. The van der Waals surface area contributed by atoms with Gasteiger partial charge in [0.25, 0.3) is 0 Å². The van der Waals surface area contributed by atoms with Crippen LogP contribution in [-0.2, 0) is 12.2 Å². The monoisotopic (exact) mass is 740 g/mol. The van der Waals surface area contributed by atoms with Crippen LogP contribution in [0.5, 0.6) is 23.0 Å². The van der Waals surface area contributed by atoms with E-state index in [0.717, 1.165) is 24.3 Å². The Kier molecular flexibility index (Phi) is 12.6. The van der Waals surface area contributed by atoms with Crippen LogP contribution in [0, 0.1) is 34.9 Å². The molecule has 0 amide bonds. The number of halogens is 12. The van der Waals surface area contributed by atoms with E-state index < -0.39 is 88.5 Å². The van der Waals surface area contributed by atoms with Gasteiger partial charge in [0.2, 0.25) is 5.92 Å². The molecule has 4 aromatic rings. The quantitative estimate of drug-likeness (QED) is 0.0752. The highest BCUT2D eigenvalue weighted by atomic mass is 19.3. The van der Waals surface area contributed by atoms with Crippen LogP contribution in [0.15, 0.2) is 72.8 Å². The van der Waals surface area contributed by atoms with Gasteiger partial charge >= 0.3 is 12.2 Å². The van der Waals surface area contributed by atoms with Crippen molar-refractivity contribution in [3.8, 4) is 23.0 Å². The van der Waals surface area contributed by atoms with E-state index in [4.69, 9.17) is 9.47 Å². The van der Waals surface area contributed by atoms with E-state index in [1.165, 1.54) is 0 Å². The fourth-order valence-corrected chi connectivity index (χ4v) is 4.61. The Hall–Kier alpha value is -4.76. The Morgan fingerprint density at radius 1 is 0.392 bits per heavy atom. The summed E-state index contributed by atoms with van der Waals surface area (Å²) < 4.78 is 187. The second kappa shape index (κ2) is 16.5. The van der Waals surface area contributed by atoms with Crippen molar-refractivity contribution in [3.05, 3.63) is 119 Å². The lowest BCUT2D eigenvalue weighted by atomic mass is 10.1. The molecule has 0 atom stereocenters. The van der Waals surface area contributed by atoms with Crippen molar-refractivity contribution in [1.29, 1.82) is 0 Å². The van der Waals surface area contributed by atoms with Gasteiger partial charge in [-0.1, -0.05) is 0 Å².